The van der Waals surface area contributed by atoms with Crippen molar-refractivity contribution in [1.29, 1.82) is 0 Å². The molecule has 0 spiro atoms. The number of imidazole rings is 1. The Hall–Kier alpha value is -0.990. The molecule has 2 atom stereocenters. The summed E-state index contributed by atoms with van der Waals surface area (Å²) in [4.78, 5) is 4.26. The first-order valence-corrected chi connectivity index (χ1v) is 4.99. The molecule has 0 bridgehead atoms. The predicted octanol–water partition coefficient (Wildman–Crippen LogP) is 2.02. The molecule has 3 nitrogen and oxygen atoms in total. The van der Waals surface area contributed by atoms with Gasteiger partial charge < -0.3 is 9.88 Å². The van der Waals surface area contributed by atoms with Crippen molar-refractivity contribution in [1.82, 2.24) is 9.55 Å². The summed E-state index contributed by atoms with van der Waals surface area (Å²) >= 11 is 0. The summed E-state index contributed by atoms with van der Waals surface area (Å²) in [5.41, 5.74) is 0. The first-order valence-electron chi connectivity index (χ1n) is 4.99. The molecular weight excluding hydrogens is 162 g/mol. The van der Waals surface area contributed by atoms with Gasteiger partial charge in [-0.05, 0) is 25.2 Å². The minimum atomic E-state index is 0.635. The Kier molecular flexibility index (Phi) is 2.25. The molecule has 1 aromatic heterocycles. The second kappa shape index (κ2) is 3.40. The molecule has 0 aliphatic heterocycles. The molecule has 0 saturated heterocycles. The molecule has 1 aliphatic carbocycles. The summed E-state index contributed by atoms with van der Waals surface area (Å²) < 4.78 is 2.03. The van der Waals surface area contributed by atoms with Gasteiger partial charge in [0, 0.05) is 25.5 Å². The van der Waals surface area contributed by atoms with Crippen molar-refractivity contribution in [2.75, 3.05) is 5.32 Å². The van der Waals surface area contributed by atoms with Crippen molar-refractivity contribution in [3.63, 3.8) is 0 Å². The van der Waals surface area contributed by atoms with E-state index in [1.165, 1.54) is 19.3 Å². The van der Waals surface area contributed by atoms with Gasteiger partial charge in [-0.2, -0.15) is 0 Å². The zero-order valence-electron chi connectivity index (χ0n) is 8.33. The summed E-state index contributed by atoms with van der Waals surface area (Å²) in [7, 11) is 2.02. The van der Waals surface area contributed by atoms with Crippen LogP contribution in [0.15, 0.2) is 12.4 Å². The highest BCUT2D eigenvalue weighted by Gasteiger charge is 2.21. The second-order valence-electron chi connectivity index (χ2n) is 4.12. The average Bonchev–Trinajstić information content (AvgIpc) is 2.64. The number of anilines is 1. The zero-order chi connectivity index (χ0) is 9.26. The van der Waals surface area contributed by atoms with E-state index in [0.717, 1.165) is 11.9 Å². The Bertz CT molecular complexity index is 279. The third-order valence-corrected chi connectivity index (χ3v) is 2.85. The minimum absolute atomic E-state index is 0.635. The van der Waals surface area contributed by atoms with Crippen LogP contribution in [0, 0.1) is 5.92 Å². The van der Waals surface area contributed by atoms with Crippen LogP contribution in [0.4, 0.5) is 5.95 Å². The highest BCUT2D eigenvalue weighted by Crippen LogP contribution is 2.26. The third-order valence-electron chi connectivity index (χ3n) is 2.85. The van der Waals surface area contributed by atoms with Gasteiger partial charge in [-0.3, -0.25) is 0 Å². The van der Waals surface area contributed by atoms with Crippen LogP contribution in [-0.2, 0) is 7.05 Å². The molecular formula is C10H17N3. The van der Waals surface area contributed by atoms with Crippen molar-refractivity contribution in [2.24, 2.45) is 13.0 Å². The van der Waals surface area contributed by atoms with Gasteiger partial charge in [0.05, 0.1) is 0 Å². The van der Waals surface area contributed by atoms with Gasteiger partial charge in [-0.1, -0.05) is 6.92 Å². The number of hydrogen-bond acceptors (Lipinski definition) is 2. The van der Waals surface area contributed by atoms with Crippen molar-refractivity contribution in [3.05, 3.63) is 12.4 Å². The first kappa shape index (κ1) is 8.60. The molecule has 3 heteroatoms. The van der Waals surface area contributed by atoms with E-state index >= 15 is 0 Å². The van der Waals surface area contributed by atoms with Gasteiger partial charge in [0.1, 0.15) is 0 Å². The molecule has 1 heterocycles. The highest BCUT2D eigenvalue weighted by atomic mass is 15.2. The molecule has 0 amide bonds. The fourth-order valence-corrected chi connectivity index (χ4v) is 2.03. The number of nitrogens with zero attached hydrogens (tertiary/aromatic N) is 2. The van der Waals surface area contributed by atoms with E-state index in [0.29, 0.717) is 6.04 Å². The van der Waals surface area contributed by atoms with E-state index in [4.69, 9.17) is 0 Å². The maximum atomic E-state index is 4.26. The number of aryl methyl sites for hydroxylation is 1. The largest absolute Gasteiger partial charge is 0.353 e. The summed E-state index contributed by atoms with van der Waals surface area (Å²) in [6.07, 6.45) is 7.73. The van der Waals surface area contributed by atoms with Gasteiger partial charge in [0.15, 0.2) is 0 Å². The third kappa shape index (κ3) is 1.85. The van der Waals surface area contributed by atoms with Crippen LogP contribution in [-0.4, -0.2) is 15.6 Å². The average molecular weight is 179 g/mol. The molecule has 2 unspecified atom stereocenters. The maximum absolute atomic E-state index is 4.26. The summed E-state index contributed by atoms with van der Waals surface area (Å²) in [5.74, 6) is 1.87. The summed E-state index contributed by atoms with van der Waals surface area (Å²) in [6.45, 7) is 2.32. The predicted molar refractivity (Wildman–Crippen MR) is 53.6 cm³/mol. The molecule has 1 aromatic rings. The van der Waals surface area contributed by atoms with E-state index in [-0.39, 0.29) is 0 Å². The van der Waals surface area contributed by atoms with Crippen LogP contribution in [0.1, 0.15) is 26.2 Å². The zero-order valence-corrected chi connectivity index (χ0v) is 8.33. The van der Waals surface area contributed by atoms with Gasteiger partial charge >= 0.3 is 0 Å². The standard InChI is InChI=1S/C10H17N3/c1-8-3-4-9(7-8)12-10-11-5-6-13(10)2/h5-6,8-9H,3-4,7H2,1-2H3,(H,11,12). The molecule has 1 aliphatic rings. The Morgan fingerprint density at radius 1 is 1.54 bits per heavy atom. The molecule has 1 fully saturated rings. The molecule has 1 saturated carbocycles. The molecule has 2 rings (SSSR count). The van der Waals surface area contributed by atoms with Crippen LogP contribution >= 0.6 is 0 Å². The van der Waals surface area contributed by atoms with Crippen LogP contribution in [0.2, 0.25) is 0 Å². The van der Waals surface area contributed by atoms with Crippen molar-refractivity contribution in [2.45, 2.75) is 32.2 Å². The summed E-state index contributed by atoms with van der Waals surface area (Å²) in [6, 6.07) is 0.635. The minimum Gasteiger partial charge on any atom is -0.353 e. The number of rotatable bonds is 2. The SMILES string of the molecule is CC1CCC(Nc2nccn2C)C1. The van der Waals surface area contributed by atoms with E-state index in [1.807, 2.05) is 24.0 Å². The van der Waals surface area contributed by atoms with Crippen LogP contribution in [0.25, 0.3) is 0 Å². The van der Waals surface area contributed by atoms with Crippen LogP contribution in [0.3, 0.4) is 0 Å². The number of hydrogen-bond donors (Lipinski definition) is 1. The lowest BCUT2D eigenvalue weighted by Gasteiger charge is -2.12. The fourth-order valence-electron chi connectivity index (χ4n) is 2.03. The van der Waals surface area contributed by atoms with Gasteiger partial charge in [0.25, 0.3) is 0 Å². The Morgan fingerprint density at radius 3 is 2.92 bits per heavy atom. The van der Waals surface area contributed by atoms with E-state index in [2.05, 4.69) is 17.2 Å². The second-order valence-corrected chi connectivity index (χ2v) is 4.12. The Morgan fingerprint density at radius 2 is 2.38 bits per heavy atom. The van der Waals surface area contributed by atoms with Crippen LogP contribution in [0.5, 0.6) is 0 Å². The van der Waals surface area contributed by atoms with Gasteiger partial charge in [-0.15, -0.1) is 0 Å². The first-order chi connectivity index (χ1) is 6.25. The highest BCUT2D eigenvalue weighted by molar-refractivity contribution is 5.27. The quantitative estimate of drug-likeness (QED) is 0.752. The molecule has 0 radical (unpaired) electrons. The lowest BCUT2D eigenvalue weighted by molar-refractivity contribution is 0.601. The molecule has 1 N–H and O–H groups in total. The van der Waals surface area contributed by atoms with E-state index in [9.17, 15) is 0 Å². The van der Waals surface area contributed by atoms with E-state index < -0.39 is 0 Å². The topological polar surface area (TPSA) is 29.9 Å². The number of aromatic nitrogens is 2. The monoisotopic (exact) mass is 179 g/mol. The van der Waals surface area contributed by atoms with Gasteiger partial charge in [0.2, 0.25) is 5.95 Å². The lowest BCUT2D eigenvalue weighted by atomic mass is 10.1. The molecule has 72 valence electrons. The normalized spacial score (nSPS) is 27.8. The Labute approximate surface area is 79.2 Å². The van der Waals surface area contributed by atoms with Crippen molar-refractivity contribution in [3.8, 4) is 0 Å². The van der Waals surface area contributed by atoms with Gasteiger partial charge in [-0.25, -0.2) is 4.98 Å². The van der Waals surface area contributed by atoms with Crippen molar-refractivity contribution >= 4 is 5.95 Å². The molecule has 13 heavy (non-hydrogen) atoms. The maximum Gasteiger partial charge on any atom is 0.202 e. The van der Waals surface area contributed by atoms with E-state index in [1.54, 1.807) is 0 Å². The molecule has 0 aromatic carbocycles. The van der Waals surface area contributed by atoms with Crippen molar-refractivity contribution < 1.29 is 0 Å². The summed E-state index contributed by atoms with van der Waals surface area (Å²) in [5, 5.41) is 3.47. The smallest absolute Gasteiger partial charge is 0.202 e. The fraction of sp³-hybridized carbons (Fsp3) is 0.700. The number of nitrogens with one attached hydrogen (secondary N) is 1. The Balaban J connectivity index is 1.95. The van der Waals surface area contributed by atoms with Crippen LogP contribution < -0.4 is 5.32 Å². The lowest BCUT2D eigenvalue weighted by Crippen LogP contribution is -2.17.